The van der Waals surface area contributed by atoms with Gasteiger partial charge in [-0.05, 0) is 43.5 Å². The lowest BCUT2D eigenvalue weighted by atomic mass is 10.2. The van der Waals surface area contributed by atoms with Crippen LogP contribution in [0.5, 0.6) is 0 Å². The predicted molar refractivity (Wildman–Crippen MR) is 97.7 cm³/mol. The third-order valence-electron chi connectivity index (χ3n) is 4.04. The average molecular weight is 411 g/mol. The summed E-state index contributed by atoms with van der Waals surface area (Å²) in [7, 11) is 0. The Labute approximate surface area is 162 Å². The lowest BCUT2D eigenvalue weighted by Crippen LogP contribution is -2.33. The molecule has 1 aliphatic carbocycles. The lowest BCUT2D eigenvalue weighted by molar-refractivity contribution is -0.117. The zero-order valence-corrected chi connectivity index (χ0v) is 15.5. The highest BCUT2D eigenvalue weighted by molar-refractivity contribution is 7.18. The highest BCUT2D eigenvalue weighted by Crippen LogP contribution is 2.32. The molecule has 0 bridgehead atoms. The summed E-state index contributed by atoms with van der Waals surface area (Å²) in [5.74, 6) is -6.01. The van der Waals surface area contributed by atoms with Crippen LogP contribution in [0.15, 0.2) is 18.2 Å². The van der Waals surface area contributed by atoms with Crippen LogP contribution in [-0.2, 0) is 9.59 Å². The second-order valence-electron chi connectivity index (χ2n) is 6.34. The second-order valence-corrected chi connectivity index (χ2v) is 7.39. The number of rotatable bonds is 6. The number of carbonyl (C=O) groups excluding carboxylic acids is 3. The van der Waals surface area contributed by atoms with Gasteiger partial charge in [0.25, 0.3) is 5.91 Å². The molecule has 0 spiro atoms. The standard InChI is InChI=1S/C18H16F3N3O3S/c1-8-6-13(24-17(26)9-2-3-9)28-16(8)18(27)22-7-12(25)23-11-5-4-10(19)14(20)15(11)21/h4-6,9H,2-3,7H2,1H3,(H,22,27)(H,23,25)(H,24,26). The van der Waals surface area contributed by atoms with Crippen molar-refractivity contribution in [2.24, 2.45) is 5.92 Å². The maximum Gasteiger partial charge on any atom is 0.262 e. The Morgan fingerprint density at radius 1 is 1.11 bits per heavy atom. The molecular formula is C18H16F3N3O3S. The van der Waals surface area contributed by atoms with Gasteiger partial charge < -0.3 is 16.0 Å². The van der Waals surface area contributed by atoms with Crippen LogP contribution in [-0.4, -0.2) is 24.3 Å². The molecule has 1 fully saturated rings. The molecule has 1 heterocycles. The van der Waals surface area contributed by atoms with Crippen molar-refractivity contribution >= 4 is 39.7 Å². The summed E-state index contributed by atoms with van der Waals surface area (Å²) >= 11 is 1.08. The van der Waals surface area contributed by atoms with E-state index >= 15 is 0 Å². The summed E-state index contributed by atoms with van der Waals surface area (Å²) in [6.07, 6.45) is 1.72. The quantitative estimate of drug-likeness (QED) is 0.638. The Morgan fingerprint density at radius 3 is 2.50 bits per heavy atom. The minimum absolute atomic E-state index is 0.0278. The van der Waals surface area contributed by atoms with E-state index in [0.29, 0.717) is 21.5 Å². The molecule has 1 aliphatic rings. The molecule has 0 saturated heterocycles. The topological polar surface area (TPSA) is 87.3 Å². The van der Waals surface area contributed by atoms with Crippen LogP contribution in [0.4, 0.5) is 23.9 Å². The zero-order valence-electron chi connectivity index (χ0n) is 14.7. The normalized spacial score (nSPS) is 13.1. The number of hydrogen-bond donors (Lipinski definition) is 3. The van der Waals surface area contributed by atoms with E-state index in [-0.39, 0.29) is 11.8 Å². The van der Waals surface area contributed by atoms with Gasteiger partial charge in [-0.15, -0.1) is 11.3 Å². The maximum absolute atomic E-state index is 13.6. The van der Waals surface area contributed by atoms with Crippen molar-refractivity contribution in [2.75, 3.05) is 17.2 Å². The molecule has 0 atom stereocenters. The van der Waals surface area contributed by atoms with Crippen molar-refractivity contribution < 1.29 is 27.6 Å². The number of aryl methyl sites for hydroxylation is 1. The van der Waals surface area contributed by atoms with Gasteiger partial charge in [-0.2, -0.15) is 0 Å². The third-order valence-corrected chi connectivity index (χ3v) is 5.19. The van der Waals surface area contributed by atoms with Crippen LogP contribution in [0.25, 0.3) is 0 Å². The van der Waals surface area contributed by atoms with E-state index in [4.69, 9.17) is 0 Å². The van der Waals surface area contributed by atoms with Crippen LogP contribution >= 0.6 is 11.3 Å². The minimum Gasteiger partial charge on any atom is -0.342 e. The number of nitrogens with one attached hydrogen (secondary N) is 3. The van der Waals surface area contributed by atoms with Gasteiger partial charge in [-0.3, -0.25) is 14.4 Å². The van der Waals surface area contributed by atoms with Crippen molar-refractivity contribution in [3.05, 3.63) is 46.1 Å². The van der Waals surface area contributed by atoms with Gasteiger partial charge in [0.05, 0.1) is 22.1 Å². The predicted octanol–water partition coefficient (Wildman–Crippen LogP) is 3.19. The average Bonchev–Trinajstić information content (AvgIpc) is 3.44. The Hall–Kier alpha value is -2.88. The molecule has 3 amide bonds. The van der Waals surface area contributed by atoms with E-state index in [0.717, 1.165) is 30.2 Å². The van der Waals surface area contributed by atoms with E-state index in [1.807, 2.05) is 0 Å². The first-order valence-corrected chi connectivity index (χ1v) is 9.20. The van der Waals surface area contributed by atoms with Crippen LogP contribution in [0.1, 0.15) is 28.1 Å². The fourth-order valence-corrected chi connectivity index (χ4v) is 3.39. The fraction of sp³-hybridized carbons (Fsp3) is 0.278. The first-order chi connectivity index (χ1) is 13.3. The van der Waals surface area contributed by atoms with Crippen molar-refractivity contribution in [2.45, 2.75) is 19.8 Å². The highest BCUT2D eigenvalue weighted by atomic mass is 32.1. The highest BCUT2D eigenvalue weighted by Gasteiger charge is 2.30. The molecule has 0 unspecified atom stereocenters. The van der Waals surface area contributed by atoms with Gasteiger partial charge >= 0.3 is 0 Å². The number of amides is 3. The summed E-state index contributed by atoms with van der Waals surface area (Å²) in [5.41, 5.74) is 0.0937. The van der Waals surface area contributed by atoms with Crippen LogP contribution in [0.3, 0.4) is 0 Å². The number of thiophene rings is 1. The summed E-state index contributed by atoms with van der Waals surface area (Å²) in [6.45, 7) is 1.19. The molecule has 0 aliphatic heterocycles. The summed E-state index contributed by atoms with van der Waals surface area (Å²) in [5, 5.41) is 7.71. The summed E-state index contributed by atoms with van der Waals surface area (Å²) in [4.78, 5) is 36.2. The molecule has 3 N–H and O–H groups in total. The monoisotopic (exact) mass is 411 g/mol. The smallest absolute Gasteiger partial charge is 0.262 e. The molecule has 1 aromatic carbocycles. The molecule has 6 nitrogen and oxygen atoms in total. The van der Waals surface area contributed by atoms with Crippen LogP contribution < -0.4 is 16.0 Å². The van der Waals surface area contributed by atoms with Gasteiger partial charge in [-0.1, -0.05) is 0 Å². The Morgan fingerprint density at radius 2 is 1.82 bits per heavy atom. The molecule has 3 rings (SSSR count). The Balaban J connectivity index is 1.56. The first kappa shape index (κ1) is 19.9. The first-order valence-electron chi connectivity index (χ1n) is 8.39. The number of anilines is 2. The largest absolute Gasteiger partial charge is 0.342 e. The Bertz CT molecular complexity index is 957. The molecule has 1 aromatic heterocycles. The molecule has 10 heteroatoms. The number of benzene rings is 1. The van der Waals surface area contributed by atoms with Gasteiger partial charge in [0.2, 0.25) is 11.8 Å². The van der Waals surface area contributed by atoms with Crippen LogP contribution in [0, 0.1) is 30.3 Å². The maximum atomic E-state index is 13.6. The molecule has 0 radical (unpaired) electrons. The van der Waals surface area contributed by atoms with E-state index < -0.39 is 41.5 Å². The van der Waals surface area contributed by atoms with Gasteiger partial charge in [-0.25, -0.2) is 13.2 Å². The lowest BCUT2D eigenvalue weighted by Gasteiger charge is -2.08. The van der Waals surface area contributed by atoms with Crippen LogP contribution in [0.2, 0.25) is 0 Å². The fourth-order valence-electron chi connectivity index (χ4n) is 2.40. The van der Waals surface area contributed by atoms with E-state index in [9.17, 15) is 27.6 Å². The summed E-state index contributed by atoms with van der Waals surface area (Å²) < 4.78 is 39.6. The minimum atomic E-state index is -1.70. The SMILES string of the molecule is Cc1cc(NC(=O)C2CC2)sc1C(=O)NCC(=O)Nc1ccc(F)c(F)c1F. The molecular weight excluding hydrogens is 395 g/mol. The second kappa shape index (κ2) is 8.01. The summed E-state index contributed by atoms with van der Waals surface area (Å²) in [6, 6.07) is 3.22. The molecule has 148 valence electrons. The van der Waals surface area contributed by atoms with E-state index in [1.165, 1.54) is 0 Å². The van der Waals surface area contributed by atoms with Gasteiger partial charge in [0.1, 0.15) is 0 Å². The number of carbonyl (C=O) groups is 3. The number of halogens is 3. The number of hydrogen-bond acceptors (Lipinski definition) is 4. The van der Waals surface area contributed by atoms with Crippen molar-refractivity contribution in [3.8, 4) is 0 Å². The van der Waals surface area contributed by atoms with Gasteiger partial charge in [0.15, 0.2) is 17.5 Å². The third kappa shape index (κ3) is 4.50. The molecule has 1 saturated carbocycles. The Kier molecular flexibility index (Phi) is 5.68. The zero-order chi connectivity index (χ0) is 20.4. The van der Waals surface area contributed by atoms with Crippen molar-refractivity contribution in [3.63, 3.8) is 0 Å². The molecule has 2 aromatic rings. The van der Waals surface area contributed by atoms with E-state index in [1.54, 1.807) is 13.0 Å². The van der Waals surface area contributed by atoms with E-state index in [2.05, 4.69) is 16.0 Å². The van der Waals surface area contributed by atoms with Crippen molar-refractivity contribution in [1.82, 2.24) is 5.32 Å². The van der Waals surface area contributed by atoms with Crippen molar-refractivity contribution in [1.29, 1.82) is 0 Å². The molecule has 28 heavy (non-hydrogen) atoms. The van der Waals surface area contributed by atoms with Gasteiger partial charge in [0, 0.05) is 5.92 Å².